The van der Waals surface area contributed by atoms with E-state index in [1.807, 2.05) is 24.3 Å². The maximum Gasteiger partial charge on any atom is 0.159 e. The first-order valence-electron chi connectivity index (χ1n) is 9.83. The fourth-order valence-electron chi connectivity index (χ4n) is 3.72. The molecule has 0 radical (unpaired) electrons. The zero-order valence-corrected chi connectivity index (χ0v) is 16.4. The molecule has 0 aliphatic heterocycles. The Morgan fingerprint density at radius 2 is 1.47 bits per heavy atom. The van der Waals surface area contributed by atoms with Crippen LogP contribution in [0.25, 0.3) is 11.6 Å². The predicted molar refractivity (Wildman–Crippen MR) is 109 cm³/mol. The molecule has 0 heterocycles. The van der Waals surface area contributed by atoms with Gasteiger partial charge in [-0.1, -0.05) is 31.6 Å². The molecule has 0 amide bonds. The zero-order valence-electron chi connectivity index (χ0n) is 16.4. The second kappa shape index (κ2) is 8.34. The van der Waals surface area contributed by atoms with Gasteiger partial charge in [0, 0.05) is 5.56 Å². The average Bonchev–Trinajstić information content (AvgIpc) is 3.09. The number of ether oxygens (including phenoxy) is 1. The lowest BCUT2D eigenvalue weighted by atomic mass is 10.0. The van der Waals surface area contributed by atoms with E-state index < -0.39 is 23.3 Å². The van der Waals surface area contributed by atoms with Crippen molar-refractivity contribution in [1.82, 2.24) is 0 Å². The maximum absolute atomic E-state index is 14.7. The topological polar surface area (TPSA) is 9.23 Å². The molecule has 1 aliphatic rings. The van der Waals surface area contributed by atoms with E-state index in [0.717, 1.165) is 25.0 Å². The van der Waals surface area contributed by atoms with Gasteiger partial charge in [0.1, 0.15) is 24.0 Å². The van der Waals surface area contributed by atoms with Gasteiger partial charge in [0.25, 0.3) is 0 Å². The smallest absolute Gasteiger partial charge is 0.159 e. The van der Waals surface area contributed by atoms with Crippen molar-refractivity contribution >= 4 is 11.6 Å². The number of rotatable bonds is 6. The molecule has 4 rings (SSSR count). The number of hydrogen-bond donors (Lipinski definition) is 0. The number of allylic oxidation sites excluding steroid dienone is 1. The molecule has 1 aliphatic carbocycles. The summed E-state index contributed by atoms with van der Waals surface area (Å²) >= 11 is 0. The molecular weight excluding hydrogens is 392 g/mol. The first-order valence-corrected chi connectivity index (χ1v) is 9.83. The molecule has 30 heavy (non-hydrogen) atoms. The first-order chi connectivity index (χ1) is 14.4. The average molecular weight is 412 g/mol. The number of hydrogen-bond acceptors (Lipinski definition) is 1. The summed E-state index contributed by atoms with van der Waals surface area (Å²) in [6.45, 7) is 2.13. The van der Waals surface area contributed by atoms with E-state index in [2.05, 4.69) is 6.92 Å². The molecule has 3 aromatic rings. The van der Waals surface area contributed by atoms with E-state index in [9.17, 15) is 17.6 Å². The summed E-state index contributed by atoms with van der Waals surface area (Å²) in [5.41, 5.74) is 2.67. The van der Waals surface area contributed by atoms with Gasteiger partial charge in [0.15, 0.2) is 11.6 Å². The van der Waals surface area contributed by atoms with Gasteiger partial charge in [0.05, 0.1) is 0 Å². The number of halogens is 4. The maximum atomic E-state index is 14.7. The minimum absolute atomic E-state index is 0.0247. The highest BCUT2D eigenvalue weighted by Crippen LogP contribution is 2.35. The van der Waals surface area contributed by atoms with Gasteiger partial charge in [-0.05, 0) is 77.1 Å². The van der Waals surface area contributed by atoms with Crippen LogP contribution in [0.15, 0.2) is 48.5 Å². The summed E-state index contributed by atoms with van der Waals surface area (Å²) in [5.74, 6) is -2.79. The van der Waals surface area contributed by atoms with Gasteiger partial charge in [-0.25, -0.2) is 17.6 Å². The Labute approximate surface area is 172 Å². The Balaban J connectivity index is 1.51. The number of benzene rings is 3. The molecule has 0 unspecified atom stereocenters. The largest absolute Gasteiger partial charge is 0.489 e. The van der Waals surface area contributed by atoms with Crippen molar-refractivity contribution in [2.75, 3.05) is 0 Å². The number of aryl methyl sites for hydroxylation is 1. The molecule has 0 aromatic heterocycles. The van der Waals surface area contributed by atoms with Crippen LogP contribution in [0.2, 0.25) is 0 Å². The third-order valence-corrected chi connectivity index (χ3v) is 5.18. The Kier molecular flexibility index (Phi) is 5.62. The Hall–Kier alpha value is -3.08. The third-order valence-electron chi connectivity index (χ3n) is 5.18. The van der Waals surface area contributed by atoms with Crippen molar-refractivity contribution in [2.24, 2.45) is 0 Å². The fraction of sp³-hybridized carbons (Fsp3) is 0.200. The van der Waals surface area contributed by atoms with Crippen LogP contribution in [0.4, 0.5) is 17.6 Å². The monoisotopic (exact) mass is 412 g/mol. The highest BCUT2D eigenvalue weighted by atomic mass is 19.2. The van der Waals surface area contributed by atoms with Crippen LogP contribution in [0.1, 0.15) is 41.2 Å². The molecule has 0 saturated carbocycles. The molecule has 3 aromatic carbocycles. The van der Waals surface area contributed by atoms with Gasteiger partial charge >= 0.3 is 0 Å². The van der Waals surface area contributed by atoms with Crippen LogP contribution >= 0.6 is 0 Å². The van der Waals surface area contributed by atoms with E-state index in [-0.39, 0.29) is 18.6 Å². The minimum atomic E-state index is -0.984. The number of fused-ring (bicyclic) bond motifs is 1. The summed E-state index contributed by atoms with van der Waals surface area (Å²) in [6, 6.07) is 12.2. The van der Waals surface area contributed by atoms with Crippen LogP contribution in [-0.4, -0.2) is 0 Å². The molecule has 0 fully saturated rings. The summed E-state index contributed by atoms with van der Waals surface area (Å²) in [5, 5.41) is 0. The molecule has 0 saturated heterocycles. The van der Waals surface area contributed by atoms with E-state index in [0.29, 0.717) is 28.0 Å². The van der Waals surface area contributed by atoms with E-state index in [1.165, 1.54) is 23.8 Å². The highest BCUT2D eigenvalue weighted by molar-refractivity contribution is 5.89. The van der Waals surface area contributed by atoms with Crippen LogP contribution in [0, 0.1) is 23.3 Å². The fourth-order valence-corrected chi connectivity index (χ4v) is 3.72. The normalized spacial score (nSPS) is 12.6. The Morgan fingerprint density at radius 1 is 0.800 bits per heavy atom. The molecule has 0 atom stereocenters. The van der Waals surface area contributed by atoms with Crippen LogP contribution in [0.5, 0.6) is 5.75 Å². The molecule has 5 heteroatoms. The Bertz CT molecular complexity index is 1090. The second-order valence-electron chi connectivity index (χ2n) is 7.43. The van der Waals surface area contributed by atoms with Gasteiger partial charge in [-0.2, -0.15) is 0 Å². The lowest BCUT2D eigenvalue weighted by Gasteiger charge is -2.11. The van der Waals surface area contributed by atoms with E-state index in [1.54, 1.807) is 0 Å². The lowest BCUT2D eigenvalue weighted by Crippen LogP contribution is -2.02. The second-order valence-corrected chi connectivity index (χ2v) is 7.43. The zero-order chi connectivity index (χ0) is 21.3. The van der Waals surface area contributed by atoms with Gasteiger partial charge in [0.2, 0.25) is 0 Å². The van der Waals surface area contributed by atoms with Crippen molar-refractivity contribution in [1.29, 1.82) is 0 Å². The molecule has 0 bridgehead atoms. The van der Waals surface area contributed by atoms with Crippen molar-refractivity contribution < 1.29 is 22.3 Å². The lowest BCUT2D eigenvalue weighted by molar-refractivity contribution is 0.304. The van der Waals surface area contributed by atoms with Crippen molar-refractivity contribution in [2.45, 2.75) is 32.8 Å². The van der Waals surface area contributed by atoms with Crippen molar-refractivity contribution in [3.8, 4) is 5.75 Å². The summed E-state index contributed by atoms with van der Waals surface area (Å²) in [6.07, 6.45) is 3.67. The highest BCUT2D eigenvalue weighted by Gasteiger charge is 2.22. The van der Waals surface area contributed by atoms with E-state index in [4.69, 9.17) is 4.74 Å². The van der Waals surface area contributed by atoms with Crippen molar-refractivity contribution in [3.05, 3.63) is 99.6 Å². The quantitative estimate of drug-likeness (QED) is 0.402. The molecule has 1 nitrogen and oxygen atoms in total. The van der Waals surface area contributed by atoms with Gasteiger partial charge in [-0.15, -0.1) is 0 Å². The minimum Gasteiger partial charge on any atom is -0.489 e. The van der Waals surface area contributed by atoms with Gasteiger partial charge in [-0.3, -0.25) is 0 Å². The van der Waals surface area contributed by atoms with E-state index >= 15 is 0 Å². The predicted octanol–water partition coefficient (Wildman–Crippen LogP) is 6.87. The first kappa shape index (κ1) is 20.2. The molecule has 154 valence electrons. The van der Waals surface area contributed by atoms with Gasteiger partial charge < -0.3 is 4.74 Å². The SMILES string of the molecule is CCCc1ccc(OCc2cc(F)c(C3=Cc4cc(F)c(F)cc4C3)c(F)c2)cc1. The molecule has 0 N–H and O–H groups in total. The molecular formula is C25H20F4O. The third kappa shape index (κ3) is 4.11. The summed E-state index contributed by atoms with van der Waals surface area (Å²) in [4.78, 5) is 0. The molecule has 0 spiro atoms. The van der Waals surface area contributed by atoms with Crippen LogP contribution < -0.4 is 4.74 Å². The Morgan fingerprint density at radius 3 is 2.13 bits per heavy atom. The van der Waals surface area contributed by atoms with Crippen LogP contribution in [0.3, 0.4) is 0 Å². The summed E-state index contributed by atoms with van der Waals surface area (Å²) in [7, 11) is 0. The standard InChI is InChI=1S/C25H20F4O/c1-2-3-15-4-6-20(7-5-15)30-14-16-8-23(28)25(24(29)9-16)19-10-17-12-21(26)22(27)13-18(17)11-19/h4-10,12-13H,2-3,11,14H2,1H3. The van der Waals surface area contributed by atoms with Crippen LogP contribution in [-0.2, 0) is 19.4 Å². The van der Waals surface area contributed by atoms with Crippen molar-refractivity contribution in [3.63, 3.8) is 0 Å². The summed E-state index contributed by atoms with van der Waals surface area (Å²) < 4.78 is 62.0.